The fourth-order valence-electron chi connectivity index (χ4n) is 1.40. The van der Waals surface area contributed by atoms with E-state index < -0.39 is 0 Å². The zero-order valence-corrected chi connectivity index (χ0v) is 16.1. The van der Waals surface area contributed by atoms with Crippen molar-refractivity contribution in [3.05, 3.63) is 51.8 Å². The molecule has 0 aliphatic carbocycles. The number of aromatic nitrogens is 3. The number of hydrogen-bond donors (Lipinski definition) is 0. The Balaban J connectivity index is 0.000000299. The smallest absolute Gasteiger partial charge is 0.191 e. The van der Waals surface area contributed by atoms with E-state index in [0.717, 1.165) is 28.3 Å². The summed E-state index contributed by atoms with van der Waals surface area (Å²) in [6, 6.07) is 0. The molecule has 0 unspecified atom stereocenters. The largest absolute Gasteiger partial charge is 0.446 e. The molecule has 0 N–H and O–H groups in total. The molecule has 5 nitrogen and oxygen atoms in total. The summed E-state index contributed by atoms with van der Waals surface area (Å²) in [5.41, 5.74) is 0. The van der Waals surface area contributed by atoms with Crippen LogP contribution in [-0.4, -0.2) is 15.0 Å². The summed E-state index contributed by atoms with van der Waals surface area (Å²) in [5, 5.41) is 1.15. The van der Waals surface area contributed by atoms with Crippen LogP contribution in [0.5, 0.6) is 0 Å². The van der Waals surface area contributed by atoms with Gasteiger partial charge in [-0.05, 0) is 27.7 Å². The third-order valence-corrected chi connectivity index (χ3v) is 3.04. The first-order valence-corrected chi connectivity index (χ1v) is 8.35. The molecule has 0 aromatic carbocycles. The van der Waals surface area contributed by atoms with Crippen molar-refractivity contribution in [2.45, 2.75) is 55.4 Å². The minimum Gasteiger partial charge on any atom is -0.446 e. The second-order valence-corrected chi connectivity index (χ2v) is 5.91. The average molecular weight is 337 g/mol. The molecule has 0 saturated heterocycles. The Morgan fingerprint density at radius 3 is 1.22 bits per heavy atom. The molecule has 0 spiro atoms. The molecule has 0 bridgehead atoms. The second-order valence-electron chi connectivity index (χ2n) is 4.47. The van der Waals surface area contributed by atoms with E-state index in [4.69, 9.17) is 8.83 Å². The lowest BCUT2D eigenvalue weighted by Gasteiger charge is -1.73. The Labute approximate surface area is 142 Å². The van der Waals surface area contributed by atoms with Crippen LogP contribution in [-0.2, 0) is 0 Å². The third-order valence-electron chi connectivity index (χ3n) is 2.21. The number of rotatable bonds is 0. The van der Waals surface area contributed by atoms with Crippen LogP contribution in [0.1, 0.15) is 47.0 Å². The van der Waals surface area contributed by atoms with Crippen LogP contribution in [0.2, 0.25) is 0 Å². The van der Waals surface area contributed by atoms with Crippen molar-refractivity contribution in [1.29, 1.82) is 0 Å². The zero-order chi connectivity index (χ0) is 17.8. The van der Waals surface area contributed by atoms with Gasteiger partial charge in [0, 0.05) is 24.9 Å². The fourth-order valence-corrected chi connectivity index (χ4v) is 2.08. The Kier molecular flexibility index (Phi) is 10.6. The van der Waals surface area contributed by atoms with E-state index in [1.54, 1.807) is 23.7 Å². The molecule has 0 aliphatic rings. The molecule has 6 heteroatoms. The molecular formula is C17H27N3O2S. The van der Waals surface area contributed by atoms with Gasteiger partial charge in [-0.3, -0.25) is 0 Å². The molecule has 3 rings (SSSR count). The molecule has 23 heavy (non-hydrogen) atoms. The lowest BCUT2D eigenvalue weighted by atomic mass is 10.6. The summed E-state index contributed by atoms with van der Waals surface area (Å²) in [4.78, 5) is 13.0. The van der Waals surface area contributed by atoms with Gasteiger partial charge in [-0.1, -0.05) is 13.8 Å². The Morgan fingerprint density at radius 1 is 0.696 bits per heavy atom. The number of hydrogen-bond acceptors (Lipinski definition) is 6. The molecule has 0 saturated carbocycles. The van der Waals surface area contributed by atoms with Gasteiger partial charge in [-0.25, -0.2) is 15.0 Å². The minimum absolute atomic E-state index is 0.734. The first kappa shape index (κ1) is 21.0. The van der Waals surface area contributed by atoms with Crippen molar-refractivity contribution in [1.82, 2.24) is 15.0 Å². The van der Waals surface area contributed by atoms with Gasteiger partial charge in [0.1, 0.15) is 11.5 Å². The Bertz CT molecular complexity index is 516. The van der Waals surface area contributed by atoms with Gasteiger partial charge >= 0.3 is 0 Å². The molecule has 3 heterocycles. The zero-order valence-electron chi connectivity index (χ0n) is 15.3. The molecular weight excluding hydrogens is 310 g/mol. The van der Waals surface area contributed by atoms with Crippen LogP contribution >= 0.6 is 11.3 Å². The summed E-state index contributed by atoms with van der Waals surface area (Å²) in [5.74, 6) is 3.21. The predicted octanol–water partition coefficient (Wildman–Crippen LogP) is 5.37. The van der Waals surface area contributed by atoms with Gasteiger partial charge in [-0.2, -0.15) is 0 Å². The molecule has 0 amide bonds. The SMILES string of the molecule is CC.Cc1cnc(C)o1.Cc1cnc(C)o1.Cc1cnc(C)s1. The quantitative estimate of drug-likeness (QED) is 0.552. The van der Waals surface area contributed by atoms with E-state index in [9.17, 15) is 0 Å². The first-order chi connectivity index (χ1) is 10.9. The van der Waals surface area contributed by atoms with E-state index >= 15 is 0 Å². The standard InChI is InChI=1S/2C5H7NO.C5H7NS.C2H6/c3*1-4-3-6-5(2)7-4;1-2/h3*3H,1-2H3;1-2H3. The van der Waals surface area contributed by atoms with Crippen LogP contribution in [0.25, 0.3) is 0 Å². The monoisotopic (exact) mass is 337 g/mol. The van der Waals surface area contributed by atoms with Crippen molar-refractivity contribution < 1.29 is 8.83 Å². The Hall–Kier alpha value is -1.95. The van der Waals surface area contributed by atoms with Gasteiger partial charge in [0.05, 0.1) is 17.4 Å². The maximum Gasteiger partial charge on any atom is 0.191 e. The number of aryl methyl sites for hydroxylation is 6. The van der Waals surface area contributed by atoms with Gasteiger partial charge in [0.25, 0.3) is 0 Å². The van der Waals surface area contributed by atoms with Crippen LogP contribution < -0.4 is 0 Å². The number of nitrogens with zero attached hydrogens (tertiary/aromatic N) is 3. The molecule has 128 valence electrons. The number of oxazole rings is 2. The van der Waals surface area contributed by atoms with Gasteiger partial charge in [0.15, 0.2) is 11.8 Å². The van der Waals surface area contributed by atoms with E-state index in [1.165, 1.54) is 4.88 Å². The van der Waals surface area contributed by atoms with E-state index in [2.05, 4.69) is 21.9 Å². The molecule has 3 aromatic rings. The highest BCUT2D eigenvalue weighted by Gasteiger charge is 1.88. The highest BCUT2D eigenvalue weighted by Crippen LogP contribution is 2.07. The van der Waals surface area contributed by atoms with E-state index in [1.807, 2.05) is 54.7 Å². The van der Waals surface area contributed by atoms with Gasteiger partial charge < -0.3 is 8.83 Å². The highest BCUT2D eigenvalue weighted by atomic mass is 32.1. The molecule has 0 aliphatic heterocycles. The third kappa shape index (κ3) is 10.4. The molecule has 0 radical (unpaired) electrons. The van der Waals surface area contributed by atoms with Gasteiger partial charge in [-0.15, -0.1) is 11.3 Å². The highest BCUT2D eigenvalue weighted by molar-refractivity contribution is 7.11. The number of thiazole rings is 1. The first-order valence-electron chi connectivity index (χ1n) is 7.54. The maximum absolute atomic E-state index is 4.97. The lowest BCUT2D eigenvalue weighted by Crippen LogP contribution is -1.59. The van der Waals surface area contributed by atoms with Crippen LogP contribution in [0.3, 0.4) is 0 Å². The van der Waals surface area contributed by atoms with Crippen molar-refractivity contribution in [3.63, 3.8) is 0 Å². The molecule has 3 aromatic heterocycles. The van der Waals surface area contributed by atoms with Crippen molar-refractivity contribution in [2.24, 2.45) is 0 Å². The summed E-state index contributed by atoms with van der Waals surface area (Å²) < 4.78 is 9.94. The lowest BCUT2D eigenvalue weighted by molar-refractivity contribution is 0.494. The summed E-state index contributed by atoms with van der Waals surface area (Å²) in [6.45, 7) is 15.5. The maximum atomic E-state index is 4.97. The van der Waals surface area contributed by atoms with E-state index in [-0.39, 0.29) is 0 Å². The second kappa shape index (κ2) is 11.6. The average Bonchev–Trinajstić information content (AvgIpc) is 3.18. The normalized spacial score (nSPS) is 8.87. The van der Waals surface area contributed by atoms with Crippen LogP contribution in [0.4, 0.5) is 0 Å². The molecule has 0 fully saturated rings. The minimum atomic E-state index is 0.734. The van der Waals surface area contributed by atoms with Crippen molar-refractivity contribution in [3.8, 4) is 0 Å². The fraction of sp³-hybridized carbons (Fsp3) is 0.471. The van der Waals surface area contributed by atoms with Crippen molar-refractivity contribution >= 4 is 11.3 Å². The van der Waals surface area contributed by atoms with Crippen LogP contribution in [0.15, 0.2) is 27.4 Å². The predicted molar refractivity (Wildman–Crippen MR) is 94.9 cm³/mol. The van der Waals surface area contributed by atoms with E-state index in [0.29, 0.717) is 0 Å². The summed E-state index contributed by atoms with van der Waals surface area (Å²) >= 11 is 1.73. The van der Waals surface area contributed by atoms with Crippen molar-refractivity contribution in [2.75, 3.05) is 0 Å². The topological polar surface area (TPSA) is 65.0 Å². The van der Waals surface area contributed by atoms with Crippen LogP contribution in [0, 0.1) is 41.5 Å². The summed E-state index contributed by atoms with van der Waals surface area (Å²) in [6.07, 6.45) is 5.30. The summed E-state index contributed by atoms with van der Waals surface area (Å²) in [7, 11) is 0. The Morgan fingerprint density at radius 2 is 1.13 bits per heavy atom. The molecule has 0 atom stereocenters. The van der Waals surface area contributed by atoms with Gasteiger partial charge in [0.2, 0.25) is 0 Å².